The number of aliphatic hydroxyl groups excluding tert-OH is 1. The van der Waals surface area contributed by atoms with Crippen molar-refractivity contribution in [3.05, 3.63) is 21.7 Å². The van der Waals surface area contributed by atoms with Crippen molar-refractivity contribution < 1.29 is 5.11 Å². The summed E-state index contributed by atoms with van der Waals surface area (Å²) in [6, 6.07) is 0. The quantitative estimate of drug-likeness (QED) is 0.718. The molecule has 0 radical (unpaired) electrons. The molecule has 0 fully saturated rings. The highest BCUT2D eigenvalue weighted by Gasteiger charge is 2.11. The van der Waals surface area contributed by atoms with Gasteiger partial charge in [0.2, 0.25) is 0 Å². The molecule has 84 valence electrons. The van der Waals surface area contributed by atoms with Crippen LogP contribution in [0.15, 0.2) is 11.1 Å². The predicted molar refractivity (Wildman–Crippen MR) is 59.2 cm³/mol. The van der Waals surface area contributed by atoms with Gasteiger partial charge in [0.05, 0.1) is 12.4 Å². The lowest BCUT2D eigenvalue weighted by atomic mass is 10.1. The summed E-state index contributed by atoms with van der Waals surface area (Å²) in [7, 11) is 0. The van der Waals surface area contributed by atoms with Crippen LogP contribution < -0.4 is 10.9 Å². The van der Waals surface area contributed by atoms with E-state index in [1.165, 1.54) is 6.33 Å². The van der Waals surface area contributed by atoms with E-state index in [2.05, 4.69) is 15.3 Å². The van der Waals surface area contributed by atoms with Gasteiger partial charge in [0.25, 0.3) is 5.56 Å². The SMILES string of the molecule is CC(C)C(O)CNc1nc[nH]c(=O)c1Cl. The summed E-state index contributed by atoms with van der Waals surface area (Å²) in [4.78, 5) is 17.3. The van der Waals surface area contributed by atoms with Gasteiger partial charge in [-0.3, -0.25) is 4.79 Å². The van der Waals surface area contributed by atoms with E-state index in [0.717, 1.165) is 0 Å². The number of anilines is 1. The Bertz CT molecular complexity index is 378. The number of aromatic nitrogens is 2. The number of hydrogen-bond donors (Lipinski definition) is 3. The van der Waals surface area contributed by atoms with Gasteiger partial charge in [-0.15, -0.1) is 0 Å². The van der Waals surface area contributed by atoms with Gasteiger partial charge < -0.3 is 15.4 Å². The third-order valence-corrected chi connectivity index (χ3v) is 2.40. The second-order valence-corrected chi connectivity index (χ2v) is 3.96. The van der Waals surface area contributed by atoms with Gasteiger partial charge in [0.15, 0.2) is 5.82 Å². The van der Waals surface area contributed by atoms with Gasteiger partial charge in [0.1, 0.15) is 5.02 Å². The van der Waals surface area contributed by atoms with E-state index in [9.17, 15) is 9.90 Å². The fourth-order valence-electron chi connectivity index (χ4n) is 0.943. The zero-order valence-electron chi connectivity index (χ0n) is 8.62. The molecule has 1 aromatic heterocycles. The second-order valence-electron chi connectivity index (χ2n) is 3.59. The van der Waals surface area contributed by atoms with Crippen LogP contribution in [0.4, 0.5) is 5.82 Å². The van der Waals surface area contributed by atoms with Gasteiger partial charge in [-0.1, -0.05) is 25.4 Å². The molecule has 15 heavy (non-hydrogen) atoms. The lowest BCUT2D eigenvalue weighted by Crippen LogP contribution is -2.26. The van der Waals surface area contributed by atoms with Crippen LogP contribution in [-0.2, 0) is 0 Å². The number of aliphatic hydroxyl groups is 1. The van der Waals surface area contributed by atoms with Crippen molar-refractivity contribution in [2.24, 2.45) is 5.92 Å². The van der Waals surface area contributed by atoms with Crippen LogP contribution in [0, 0.1) is 5.92 Å². The molecule has 0 amide bonds. The zero-order valence-corrected chi connectivity index (χ0v) is 9.38. The third kappa shape index (κ3) is 3.21. The van der Waals surface area contributed by atoms with Crippen LogP contribution in [0.2, 0.25) is 5.02 Å². The van der Waals surface area contributed by atoms with Crippen LogP contribution in [0.25, 0.3) is 0 Å². The standard InChI is InChI=1S/C9H14ClN3O2/c1-5(2)6(14)3-11-8-7(10)9(15)13-4-12-8/h4-6,14H,3H2,1-2H3,(H2,11,12,13,15). The van der Waals surface area contributed by atoms with Crippen molar-refractivity contribution in [2.75, 3.05) is 11.9 Å². The number of hydrogen-bond acceptors (Lipinski definition) is 4. The molecular weight excluding hydrogens is 218 g/mol. The van der Waals surface area contributed by atoms with Crippen LogP contribution >= 0.6 is 11.6 Å². The first-order valence-corrected chi connectivity index (χ1v) is 5.05. The van der Waals surface area contributed by atoms with Crippen LogP contribution in [0.1, 0.15) is 13.8 Å². The van der Waals surface area contributed by atoms with Crippen molar-refractivity contribution in [3.8, 4) is 0 Å². The van der Waals surface area contributed by atoms with Gasteiger partial charge in [-0.05, 0) is 5.92 Å². The molecule has 6 heteroatoms. The highest BCUT2D eigenvalue weighted by Crippen LogP contribution is 2.12. The van der Waals surface area contributed by atoms with E-state index >= 15 is 0 Å². The lowest BCUT2D eigenvalue weighted by Gasteiger charge is -2.15. The first-order chi connectivity index (χ1) is 7.02. The van der Waals surface area contributed by atoms with Crippen molar-refractivity contribution in [2.45, 2.75) is 20.0 Å². The largest absolute Gasteiger partial charge is 0.391 e. The minimum absolute atomic E-state index is 0.00783. The van der Waals surface area contributed by atoms with E-state index in [1.807, 2.05) is 13.8 Å². The van der Waals surface area contributed by atoms with Crippen LogP contribution in [-0.4, -0.2) is 27.7 Å². The minimum atomic E-state index is -0.498. The van der Waals surface area contributed by atoms with E-state index in [1.54, 1.807) is 0 Å². The smallest absolute Gasteiger partial charge is 0.271 e. The summed E-state index contributed by atoms with van der Waals surface area (Å²) in [5, 5.41) is 12.4. The number of H-pyrrole nitrogens is 1. The monoisotopic (exact) mass is 231 g/mol. The Labute approximate surface area is 92.5 Å². The van der Waals surface area contributed by atoms with Gasteiger partial charge in [0, 0.05) is 6.54 Å². The maximum atomic E-state index is 11.1. The van der Waals surface area contributed by atoms with Crippen LogP contribution in [0.5, 0.6) is 0 Å². The second kappa shape index (κ2) is 5.14. The molecule has 1 atom stereocenters. The van der Waals surface area contributed by atoms with Crippen LogP contribution in [0.3, 0.4) is 0 Å². The molecule has 0 aromatic carbocycles. The Kier molecular flexibility index (Phi) is 4.11. The number of halogens is 1. The summed E-state index contributed by atoms with van der Waals surface area (Å²) < 4.78 is 0. The van der Waals surface area contributed by atoms with Gasteiger partial charge in [-0.2, -0.15) is 0 Å². The Balaban J connectivity index is 2.66. The summed E-state index contributed by atoms with van der Waals surface area (Å²) in [6.07, 6.45) is 0.764. The number of nitrogens with one attached hydrogen (secondary N) is 2. The first-order valence-electron chi connectivity index (χ1n) is 4.67. The molecule has 1 aromatic rings. The predicted octanol–water partition coefficient (Wildman–Crippen LogP) is 0.852. The number of nitrogens with zero attached hydrogens (tertiary/aromatic N) is 1. The van der Waals surface area contributed by atoms with E-state index in [4.69, 9.17) is 11.6 Å². The Morgan fingerprint density at radius 3 is 2.93 bits per heavy atom. The Morgan fingerprint density at radius 2 is 2.33 bits per heavy atom. The molecule has 1 unspecified atom stereocenters. The van der Waals surface area contributed by atoms with E-state index in [-0.39, 0.29) is 10.9 Å². The minimum Gasteiger partial charge on any atom is -0.391 e. The van der Waals surface area contributed by atoms with Gasteiger partial charge >= 0.3 is 0 Å². The average molecular weight is 232 g/mol. The molecule has 0 aliphatic heterocycles. The van der Waals surface area contributed by atoms with Crippen molar-refractivity contribution >= 4 is 17.4 Å². The molecule has 1 rings (SSSR count). The molecule has 0 bridgehead atoms. The third-order valence-electron chi connectivity index (χ3n) is 2.04. The highest BCUT2D eigenvalue weighted by atomic mass is 35.5. The molecule has 0 spiro atoms. The van der Waals surface area contributed by atoms with Crippen molar-refractivity contribution in [1.82, 2.24) is 9.97 Å². The molecule has 3 N–H and O–H groups in total. The Morgan fingerprint density at radius 1 is 1.67 bits per heavy atom. The summed E-state index contributed by atoms with van der Waals surface area (Å²) in [6.45, 7) is 4.12. The average Bonchev–Trinajstić information content (AvgIpc) is 2.19. The fourth-order valence-corrected chi connectivity index (χ4v) is 1.11. The molecule has 0 saturated heterocycles. The van der Waals surface area contributed by atoms with Crippen molar-refractivity contribution in [1.29, 1.82) is 0 Å². The van der Waals surface area contributed by atoms with E-state index in [0.29, 0.717) is 12.4 Å². The normalized spacial score (nSPS) is 12.9. The topological polar surface area (TPSA) is 78.0 Å². The van der Waals surface area contributed by atoms with Gasteiger partial charge in [-0.25, -0.2) is 4.98 Å². The van der Waals surface area contributed by atoms with E-state index < -0.39 is 11.7 Å². The number of aromatic amines is 1. The molecule has 0 aliphatic carbocycles. The lowest BCUT2D eigenvalue weighted by molar-refractivity contribution is 0.138. The maximum absolute atomic E-state index is 11.1. The summed E-state index contributed by atoms with van der Waals surface area (Å²) >= 11 is 5.71. The molecule has 5 nitrogen and oxygen atoms in total. The summed E-state index contributed by atoms with van der Waals surface area (Å²) in [5.41, 5.74) is -0.395. The highest BCUT2D eigenvalue weighted by molar-refractivity contribution is 6.32. The Hall–Kier alpha value is -1.07. The molecule has 0 aliphatic rings. The zero-order chi connectivity index (χ0) is 11.4. The molecular formula is C9H14ClN3O2. The number of rotatable bonds is 4. The summed E-state index contributed by atoms with van der Waals surface area (Å²) in [5.74, 6) is 0.429. The maximum Gasteiger partial charge on any atom is 0.271 e. The fraction of sp³-hybridized carbons (Fsp3) is 0.556. The molecule has 1 heterocycles. The van der Waals surface area contributed by atoms with Crippen molar-refractivity contribution in [3.63, 3.8) is 0 Å². The molecule has 0 saturated carbocycles. The first kappa shape index (κ1) is 12.0.